The van der Waals surface area contributed by atoms with Crippen LogP contribution >= 0.6 is 12.2 Å². The number of thiocarbonyl (C=S) groups is 1. The molecule has 0 heterocycles. The Hall–Kier alpha value is -1.62. The van der Waals surface area contributed by atoms with Gasteiger partial charge in [0, 0.05) is 5.41 Å². The molecule has 0 saturated heterocycles. The van der Waals surface area contributed by atoms with Gasteiger partial charge in [-0.25, -0.2) is 0 Å². The van der Waals surface area contributed by atoms with Gasteiger partial charge in [0.05, 0.1) is 5.69 Å². The van der Waals surface area contributed by atoms with Crippen molar-refractivity contribution in [1.29, 1.82) is 0 Å². The van der Waals surface area contributed by atoms with Crippen molar-refractivity contribution < 1.29 is 9.90 Å². The summed E-state index contributed by atoms with van der Waals surface area (Å²) in [6.45, 7) is 9.67. The fourth-order valence-corrected chi connectivity index (χ4v) is 1.84. The van der Waals surface area contributed by atoms with Crippen molar-refractivity contribution in [2.45, 2.75) is 47.0 Å². The topological polar surface area (TPSA) is 61.4 Å². The van der Waals surface area contributed by atoms with E-state index < -0.39 is 5.41 Å². The fraction of sp³-hybridized carbons (Fsp3) is 0.500. The Kier molecular flexibility index (Phi) is 5.72. The molecule has 0 aromatic heterocycles. The van der Waals surface area contributed by atoms with Gasteiger partial charge in [-0.2, -0.15) is 0 Å². The molecule has 0 unspecified atom stereocenters. The third kappa shape index (κ3) is 5.01. The van der Waals surface area contributed by atoms with Crippen molar-refractivity contribution >= 4 is 28.9 Å². The zero-order valence-electron chi connectivity index (χ0n) is 13.3. The zero-order chi connectivity index (χ0) is 16.2. The van der Waals surface area contributed by atoms with E-state index in [0.29, 0.717) is 11.6 Å². The number of carbonyl (C=O) groups is 1. The lowest BCUT2D eigenvalue weighted by Gasteiger charge is -2.19. The Labute approximate surface area is 131 Å². The van der Waals surface area contributed by atoms with Crippen molar-refractivity contribution in [1.82, 2.24) is 5.32 Å². The second-order valence-corrected chi connectivity index (χ2v) is 6.65. The van der Waals surface area contributed by atoms with E-state index in [9.17, 15) is 9.90 Å². The maximum atomic E-state index is 11.9. The van der Waals surface area contributed by atoms with Crippen LogP contribution in [-0.4, -0.2) is 16.1 Å². The molecule has 21 heavy (non-hydrogen) atoms. The van der Waals surface area contributed by atoms with E-state index in [2.05, 4.69) is 24.5 Å². The summed E-state index contributed by atoms with van der Waals surface area (Å²) in [5.41, 5.74) is 1.10. The Bertz CT molecular complexity index is 536. The number of hydrogen-bond donors (Lipinski definition) is 3. The molecule has 0 fully saturated rings. The molecule has 5 heteroatoms. The summed E-state index contributed by atoms with van der Waals surface area (Å²) in [4.78, 5) is 11.9. The number of amides is 1. The highest BCUT2D eigenvalue weighted by Crippen LogP contribution is 2.29. The number of benzene rings is 1. The number of hydrogen-bond acceptors (Lipinski definition) is 3. The molecule has 0 aliphatic carbocycles. The van der Waals surface area contributed by atoms with Gasteiger partial charge in [-0.1, -0.05) is 40.7 Å². The predicted molar refractivity (Wildman–Crippen MR) is 90.6 cm³/mol. The second-order valence-electron chi connectivity index (χ2n) is 6.24. The summed E-state index contributed by atoms with van der Waals surface area (Å²) in [5, 5.41) is 15.6. The van der Waals surface area contributed by atoms with E-state index in [0.717, 1.165) is 12.0 Å². The van der Waals surface area contributed by atoms with Crippen molar-refractivity contribution in [3.63, 3.8) is 0 Å². The minimum Gasteiger partial charge on any atom is -0.506 e. The molecule has 4 nitrogen and oxygen atoms in total. The van der Waals surface area contributed by atoms with Crippen LogP contribution in [0, 0.1) is 5.41 Å². The van der Waals surface area contributed by atoms with Crippen molar-refractivity contribution in [3.8, 4) is 5.75 Å². The first-order valence-corrected chi connectivity index (χ1v) is 7.51. The summed E-state index contributed by atoms with van der Waals surface area (Å²) in [6, 6.07) is 5.39. The summed E-state index contributed by atoms with van der Waals surface area (Å²) in [6.07, 6.45) is 1.01. The van der Waals surface area contributed by atoms with Crippen LogP contribution in [0.25, 0.3) is 0 Å². The molecule has 1 aromatic carbocycles. The maximum absolute atomic E-state index is 11.9. The van der Waals surface area contributed by atoms with Gasteiger partial charge in [0.1, 0.15) is 5.75 Å². The van der Waals surface area contributed by atoms with Crippen LogP contribution in [0.2, 0.25) is 0 Å². The number of nitrogens with one attached hydrogen (secondary N) is 2. The average Bonchev–Trinajstić information content (AvgIpc) is 2.39. The lowest BCUT2D eigenvalue weighted by atomic mass is 9.96. The van der Waals surface area contributed by atoms with Gasteiger partial charge < -0.3 is 15.7 Å². The van der Waals surface area contributed by atoms with Gasteiger partial charge in [0.15, 0.2) is 5.11 Å². The van der Waals surface area contributed by atoms with Crippen LogP contribution < -0.4 is 10.6 Å². The summed E-state index contributed by atoms with van der Waals surface area (Å²) in [7, 11) is 0. The molecular formula is C16H24N2O2S. The highest BCUT2D eigenvalue weighted by molar-refractivity contribution is 7.80. The molecule has 0 saturated carbocycles. The monoisotopic (exact) mass is 308 g/mol. The molecule has 0 bridgehead atoms. The molecule has 3 N–H and O–H groups in total. The van der Waals surface area contributed by atoms with Crippen LogP contribution in [0.3, 0.4) is 0 Å². The fourth-order valence-electron chi connectivity index (χ4n) is 1.64. The van der Waals surface area contributed by atoms with Gasteiger partial charge in [-0.3, -0.25) is 4.79 Å². The molecular weight excluding hydrogens is 284 g/mol. The highest BCUT2D eigenvalue weighted by atomic mass is 32.1. The molecule has 1 aromatic rings. The first-order chi connectivity index (χ1) is 9.65. The van der Waals surface area contributed by atoms with Crippen molar-refractivity contribution in [3.05, 3.63) is 23.8 Å². The summed E-state index contributed by atoms with van der Waals surface area (Å²) < 4.78 is 0. The molecule has 1 rings (SSSR count). The Morgan fingerprint density at radius 2 is 2.00 bits per heavy atom. The SMILES string of the molecule is CC[C@@H](C)c1ccc(O)c(NC(=S)NC(=O)C(C)(C)C)c1. The number of carbonyl (C=O) groups excluding carboxylic acids is 1. The standard InChI is InChI=1S/C16H24N2O2S/c1-6-10(2)11-7-8-13(19)12(9-11)17-15(21)18-14(20)16(3,4)5/h7-10,19H,6H2,1-5H3,(H2,17,18,20,21)/t10-/m1/s1. The molecule has 0 radical (unpaired) electrons. The minimum absolute atomic E-state index is 0.106. The summed E-state index contributed by atoms with van der Waals surface area (Å²) >= 11 is 5.12. The first kappa shape index (κ1) is 17.4. The summed E-state index contributed by atoms with van der Waals surface area (Å²) in [5.74, 6) is 0.330. The van der Waals surface area contributed by atoms with Gasteiger partial charge in [0.25, 0.3) is 0 Å². The van der Waals surface area contributed by atoms with E-state index >= 15 is 0 Å². The average molecular weight is 308 g/mol. The lowest BCUT2D eigenvalue weighted by molar-refractivity contribution is -0.126. The molecule has 0 spiro atoms. The Morgan fingerprint density at radius 3 is 2.52 bits per heavy atom. The second kappa shape index (κ2) is 6.89. The molecule has 0 aliphatic rings. The van der Waals surface area contributed by atoms with Crippen molar-refractivity contribution in [2.24, 2.45) is 5.41 Å². The Balaban J connectivity index is 2.83. The molecule has 1 amide bonds. The lowest BCUT2D eigenvalue weighted by Crippen LogP contribution is -2.41. The van der Waals surface area contributed by atoms with Crippen LogP contribution in [-0.2, 0) is 4.79 Å². The smallest absolute Gasteiger partial charge is 0.231 e. The third-order valence-corrected chi connectivity index (χ3v) is 3.56. The quantitative estimate of drug-likeness (QED) is 0.587. The normalized spacial score (nSPS) is 12.6. The molecule has 0 aliphatic heterocycles. The highest BCUT2D eigenvalue weighted by Gasteiger charge is 2.22. The number of rotatable bonds is 3. The van der Waals surface area contributed by atoms with Gasteiger partial charge in [-0.15, -0.1) is 0 Å². The van der Waals surface area contributed by atoms with Crippen molar-refractivity contribution in [2.75, 3.05) is 5.32 Å². The number of phenolic OH excluding ortho intramolecular Hbond substituents is 1. The van der Waals surface area contributed by atoms with E-state index in [1.165, 1.54) is 0 Å². The van der Waals surface area contributed by atoms with Crippen LogP contribution in [0.1, 0.15) is 52.5 Å². The van der Waals surface area contributed by atoms with Crippen LogP contribution in [0.5, 0.6) is 5.75 Å². The number of phenols is 1. The largest absolute Gasteiger partial charge is 0.506 e. The van der Waals surface area contributed by atoms with Gasteiger partial charge in [-0.05, 0) is 42.3 Å². The van der Waals surface area contributed by atoms with Gasteiger partial charge in [0.2, 0.25) is 5.91 Å². The maximum Gasteiger partial charge on any atom is 0.231 e. The van der Waals surface area contributed by atoms with Crippen LogP contribution in [0.15, 0.2) is 18.2 Å². The number of aromatic hydroxyl groups is 1. The van der Waals surface area contributed by atoms with E-state index in [4.69, 9.17) is 12.2 Å². The van der Waals surface area contributed by atoms with Crippen LogP contribution in [0.4, 0.5) is 5.69 Å². The third-order valence-electron chi connectivity index (χ3n) is 3.36. The first-order valence-electron chi connectivity index (χ1n) is 7.10. The van der Waals surface area contributed by atoms with E-state index in [1.807, 2.05) is 32.9 Å². The number of anilines is 1. The van der Waals surface area contributed by atoms with E-state index in [-0.39, 0.29) is 16.8 Å². The Morgan fingerprint density at radius 1 is 1.38 bits per heavy atom. The predicted octanol–water partition coefficient (Wildman–Crippen LogP) is 3.76. The molecule has 1 atom stereocenters. The van der Waals surface area contributed by atoms with E-state index in [1.54, 1.807) is 6.07 Å². The minimum atomic E-state index is -0.521. The molecule has 116 valence electrons. The van der Waals surface area contributed by atoms with Gasteiger partial charge >= 0.3 is 0 Å². The zero-order valence-corrected chi connectivity index (χ0v) is 14.1.